The lowest BCUT2D eigenvalue weighted by molar-refractivity contribution is -0.385. The molecule has 126 valence electrons. The molecule has 2 aromatic rings. The molecule has 25 heavy (non-hydrogen) atoms. The largest absolute Gasteiger partial charge is 0.293 e. The number of benzene rings is 2. The fourth-order valence-electron chi connectivity index (χ4n) is 2.36. The molecular formula is C17H11FN2O4S. The van der Waals surface area contributed by atoms with Crippen LogP contribution in [-0.2, 0) is 11.3 Å². The summed E-state index contributed by atoms with van der Waals surface area (Å²) in [5, 5.41) is 10.5. The van der Waals surface area contributed by atoms with Crippen LogP contribution in [0.25, 0.3) is 6.08 Å². The first-order valence-corrected chi connectivity index (χ1v) is 8.01. The van der Waals surface area contributed by atoms with E-state index in [1.807, 2.05) is 0 Å². The molecule has 1 aliphatic rings. The average molecular weight is 358 g/mol. The van der Waals surface area contributed by atoms with Gasteiger partial charge in [-0.25, -0.2) is 4.39 Å². The number of thioether (sulfide) groups is 1. The molecule has 1 fully saturated rings. The Morgan fingerprint density at radius 2 is 1.80 bits per heavy atom. The average Bonchev–Trinajstić information content (AvgIpc) is 2.85. The van der Waals surface area contributed by atoms with Crippen LogP contribution in [0.15, 0.2) is 53.4 Å². The molecule has 0 aliphatic carbocycles. The smallest absolute Gasteiger partial charge is 0.268 e. The van der Waals surface area contributed by atoms with Crippen LogP contribution in [0.5, 0.6) is 0 Å². The van der Waals surface area contributed by atoms with Crippen molar-refractivity contribution in [3.63, 3.8) is 0 Å². The van der Waals surface area contributed by atoms with Gasteiger partial charge in [0.2, 0.25) is 0 Å². The normalized spacial score (nSPS) is 15.9. The molecule has 0 N–H and O–H groups in total. The predicted molar refractivity (Wildman–Crippen MR) is 91.0 cm³/mol. The summed E-state index contributed by atoms with van der Waals surface area (Å²) in [6, 6.07) is 11.8. The second-order valence-corrected chi connectivity index (χ2v) is 6.17. The molecule has 0 unspecified atom stereocenters. The number of para-hydroxylation sites is 1. The van der Waals surface area contributed by atoms with E-state index in [-0.39, 0.29) is 28.3 Å². The first-order chi connectivity index (χ1) is 12.0. The Balaban J connectivity index is 1.88. The summed E-state index contributed by atoms with van der Waals surface area (Å²) >= 11 is 0.681. The first kappa shape index (κ1) is 16.8. The van der Waals surface area contributed by atoms with Gasteiger partial charge in [-0.05, 0) is 23.9 Å². The monoisotopic (exact) mass is 358 g/mol. The highest BCUT2D eigenvalue weighted by Crippen LogP contribution is 2.34. The van der Waals surface area contributed by atoms with Crippen molar-refractivity contribution < 1.29 is 18.9 Å². The molecule has 8 heteroatoms. The summed E-state index contributed by atoms with van der Waals surface area (Å²) < 4.78 is 13.7. The molecule has 0 bridgehead atoms. The molecule has 0 atom stereocenters. The minimum atomic E-state index is -0.601. The topological polar surface area (TPSA) is 80.5 Å². The van der Waals surface area contributed by atoms with Gasteiger partial charge in [-0.3, -0.25) is 24.6 Å². The summed E-state index contributed by atoms with van der Waals surface area (Å²) in [5.74, 6) is -1.11. The fraction of sp³-hybridized carbons (Fsp3) is 0.0588. The summed E-state index contributed by atoms with van der Waals surface area (Å²) in [6.07, 6.45) is 1.31. The third-order valence-electron chi connectivity index (χ3n) is 3.58. The van der Waals surface area contributed by atoms with Gasteiger partial charge < -0.3 is 0 Å². The Bertz CT molecular complexity index is 913. The van der Waals surface area contributed by atoms with Gasteiger partial charge in [0, 0.05) is 17.2 Å². The van der Waals surface area contributed by atoms with E-state index in [4.69, 9.17) is 0 Å². The molecule has 0 spiro atoms. The summed E-state index contributed by atoms with van der Waals surface area (Å²) in [7, 11) is 0. The number of nitro groups is 1. The van der Waals surface area contributed by atoms with Crippen LogP contribution in [0, 0.1) is 15.9 Å². The third kappa shape index (κ3) is 3.43. The molecule has 2 aromatic carbocycles. The number of nitro benzene ring substituents is 1. The second kappa shape index (κ2) is 6.86. The fourth-order valence-corrected chi connectivity index (χ4v) is 3.19. The van der Waals surface area contributed by atoms with Gasteiger partial charge in [0.1, 0.15) is 5.82 Å². The lowest BCUT2D eigenvalue weighted by Gasteiger charge is -2.12. The third-order valence-corrected chi connectivity index (χ3v) is 4.49. The zero-order chi connectivity index (χ0) is 18.0. The Kier molecular flexibility index (Phi) is 4.62. The quantitative estimate of drug-likeness (QED) is 0.469. The Morgan fingerprint density at radius 3 is 2.52 bits per heavy atom. The number of hydrogen-bond donors (Lipinski definition) is 0. The van der Waals surface area contributed by atoms with Crippen molar-refractivity contribution in [1.82, 2.24) is 4.90 Å². The number of amides is 2. The molecule has 3 rings (SSSR count). The van der Waals surface area contributed by atoms with Crippen molar-refractivity contribution in [3.05, 3.63) is 80.5 Å². The highest BCUT2D eigenvalue weighted by atomic mass is 32.2. The molecular weight excluding hydrogens is 347 g/mol. The maximum absolute atomic E-state index is 13.7. The molecule has 0 aromatic heterocycles. The van der Waals surface area contributed by atoms with Gasteiger partial charge in [0.15, 0.2) is 0 Å². The molecule has 1 heterocycles. The van der Waals surface area contributed by atoms with E-state index in [1.165, 1.54) is 42.5 Å². The van der Waals surface area contributed by atoms with Crippen LogP contribution in [0.2, 0.25) is 0 Å². The number of nitrogens with zero attached hydrogens (tertiary/aromatic N) is 2. The highest BCUT2D eigenvalue weighted by molar-refractivity contribution is 8.18. The molecule has 6 nitrogen and oxygen atoms in total. The van der Waals surface area contributed by atoms with Crippen LogP contribution in [0.4, 0.5) is 14.9 Å². The van der Waals surface area contributed by atoms with Gasteiger partial charge in [0.25, 0.3) is 16.8 Å². The van der Waals surface area contributed by atoms with Crippen molar-refractivity contribution in [2.24, 2.45) is 0 Å². The molecule has 1 saturated heterocycles. The van der Waals surface area contributed by atoms with Gasteiger partial charge in [-0.15, -0.1) is 0 Å². The minimum Gasteiger partial charge on any atom is -0.268 e. The van der Waals surface area contributed by atoms with Gasteiger partial charge in [-0.2, -0.15) is 0 Å². The SMILES string of the molecule is O=C1S/C(=C/c2ccccc2F)C(=O)N1Cc1ccccc1[N+](=O)[O-]. The lowest BCUT2D eigenvalue weighted by atomic mass is 10.1. The van der Waals surface area contributed by atoms with Crippen molar-refractivity contribution >= 4 is 34.7 Å². The Labute approximate surface area is 146 Å². The molecule has 0 radical (unpaired) electrons. The van der Waals surface area contributed by atoms with Crippen molar-refractivity contribution in [2.75, 3.05) is 0 Å². The number of carbonyl (C=O) groups excluding carboxylic acids is 2. The Hall–Kier alpha value is -3.00. The van der Waals surface area contributed by atoms with Crippen LogP contribution in [0.3, 0.4) is 0 Å². The zero-order valence-corrected chi connectivity index (χ0v) is 13.5. The van der Waals surface area contributed by atoms with E-state index in [1.54, 1.807) is 12.1 Å². The van der Waals surface area contributed by atoms with E-state index in [9.17, 15) is 24.1 Å². The number of imide groups is 1. The van der Waals surface area contributed by atoms with Crippen LogP contribution in [-0.4, -0.2) is 21.0 Å². The van der Waals surface area contributed by atoms with E-state index in [2.05, 4.69) is 0 Å². The first-order valence-electron chi connectivity index (χ1n) is 7.19. The Morgan fingerprint density at radius 1 is 1.12 bits per heavy atom. The molecule has 2 amide bonds. The lowest BCUT2D eigenvalue weighted by Crippen LogP contribution is -2.27. The van der Waals surface area contributed by atoms with Crippen molar-refractivity contribution in [1.29, 1.82) is 0 Å². The van der Waals surface area contributed by atoms with Gasteiger partial charge >= 0.3 is 0 Å². The predicted octanol–water partition coefficient (Wildman–Crippen LogP) is 3.97. The van der Waals surface area contributed by atoms with Crippen LogP contribution < -0.4 is 0 Å². The van der Waals surface area contributed by atoms with Crippen molar-refractivity contribution in [2.45, 2.75) is 6.54 Å². The summed E-state index contributed by atoms with van der Waals surface area (Å²) in [6.45, 7) is -0.212. The zero-order valence-electron chi connectivity index (χ0n) is 12.7. The standard InChI is InChI=1S/C17H11FN2O4S/c18-13-7-3-1-5-11(13)9-15-16(21)19(17(22)25-15)10-12-6-2-4-8-14(12)20(23)24/h1-9H,10H2/b15-9+. The number of rotatable bonds is 4. The van der Waals surface area contributed by atoms with E-state index >= 15 is 0 Å². The van der Waals surface area contributed by atoms with Gasteiger partial charge in [0.05, 0.1) is 16.4 Å². The van der Waals surface area contributed by atoms with E-state index in [0.717, 1.165) is 4.90 Å². The summed E-state index contributed by atoms with van der Waals surface area (Å²) in [4.78, 5) is 36.0. The van der Waals surface area contributed by atoms with E-state index in [0.29, 0.717) is 11.8 Å². The number of hydrogen-bond acceptors (Lipinski definition) is 5. The molecule has 1 aliphatic heterocycles. The van der Waals surface area contributed by atoms with Crippen LogP contribution >= 0.6 is 11.8 Å². The van der Waals surface area contributed by atoms with Crippen LogP contribution in [0.1, 0.15) is 11.1 Å². The number of carbonyl (C=O) groups is 2. The summed E-state index contributed by atoms with van der Waals surface area (Å²) in [5.41, 5.74) is 0.278. The second-order valence-electron chi connectivity index (χ2n) is 5.18. The highest BCUT2D eigenvalue weighted by Gasteiger charge is 2.36. The maximum Gasteiger partial charge on any atom is 0.293 e. The minimum absolute atomic E-state index is 0.0775. The maximum atomic E-state index is 13.7. The van der Waals surface area contributed by atoms with E-state index < -0.39 is 21.9 Å². The van der Waals surface area contributed by atoms with Gasteiger partial charge in [-0.1, -0.05) is 36.4 Å². The van der Waals surface area contributed by atoms with Crippen molar-refractivity contribution in [3.8, 4) is 0 Å². The molecule has 0 saturated carbocycles. The number of halogens is 1.